The van der Waals surface area contributed by atoms with Crippen molar-refractivity contribution in [2.45, 2.75) is 16.5 Å². The van der Waals surface area contributed by atoms with Crippen molar-refractivity contribution in [1.82, 2.24) is 9.97 Å². The first-order chi connectivity index (χ1) is 19.0. The van der Waals surface area contributed by atoms with E-state index in [1.165, 1.54) is 23.5 Å². The lowest BCUT2D eigenvalue weighted by molar-refractivity contribution is -0.114. The quantitative estimate of drug-likeness (QED) is 0.218. The number of pyridine rings is 2. The van der Waals surface area contributed by atoms with Gasteiger partial charge in [0.2, 0.25) is 11.8 Å². The minimum absolute atomic E-state index is 0.141. The number of carbonyl (C=O) groups excluding carboxylic acids is 2. The summed E-state index contributed by atoms with van der Waals surface area (Å²) in [6.07, 6.45) is 4.01. The molecule has 0 atom stereocenters. The van der Waals surface area contributed by atoms with Crippen LogP contribution in [0, 0.1) is 0 Å². The molecule has 0 fully saturated rings. The first-order valence-electron chi connectivity index (χ1n) is 12.0. The van der Waals surface area contributed by atoms with Crippen LogP contribution in [0.1, 0.15) is 11.1 Å². The molecule has 2 aromatic carbocycles. The van der Waals surface area contributed by atoms with Gasteiger partial charge in [-0.15, -0.1) is 0 Å². The van der Waals surface area contributed by atoms with E-state index in [9.17, 15) is 9.59 Å². The van der Waals surface area contributed by atoms with Gasteiger partial charge < -0.3 is 20.1 Å². The molecular weight excluding hydrogens is 532 g/mol. The molecule has 4 rings (SSSR count). The fourth-order valence-corrected chi connectivity index (χ4v) is 4.97. The molecule has 10 heteroatoms. The molecule has 39 heavy (non-hydrogen) atoms. The van der Waals surface area contributed by atoms with E-state index in [0.717, 1.165) is 21.2 Å². The number of nitrogens with zero attached hydrogens (tertiary/aromatic N) is 2. The number of hydrogen-bond acceptors (Lipinski definition) is 8. The summed E-state index contributed by atoms with van der Waals surface area (Å²) in [5.41, 5.74) is 3.20. The van der Waals surface area contributed by atoms with Crippen LogP contribution in [0.25, 0.3) is 0 Å². The Kier molecular flexibility index (Phi) is 10.2. The van der Waals surface area contributed by atoms with Gasteiger partial charge in [0.15, 0.2) is 0 Å². The summed E-state index contributed by atoms with van der Waals surface area (Å²) < 4.78 is 11.1. The van der Waals surface area contributed by atoms with Crippen LogP contribution in [0.2, 0.25) is 0 Å². The molecule has 0 aliphatic heterocycles. The number of hydrogen-bond donors (Lipinski definition) is 2. The number of rotatable bonds is 12. The van der Waals surface area contributed by atoms with Gasteiger partial charge in [-0.2, -0.15) is 0 Å². The number of methoxy groups -OCH3 is 2. The number of thioether (sulfide) groups is 2. The summed E-state index contributed by atoms with van der Waals surface area (Å²) >= 11 is 2.74. The van der Waals surface area contributed by atoms with E-state index in [0.29, 0.717) is 29.3 Å². The van der Waals surface area contributed by atoms with Gasteiger partial charge in [0.1, 0.15) is 11.5 Å². The second-order valence-corrected chi connectivity index (χ2v) is 10.2. The van der Waals surface area contributed by atoms with Crippen LogP contribution in [-0.2, 0) is 16.0 Å². The first-order valence-corrected chi connectivity index (χ1v) is 14.0. The molecule has 2 amide bonds. The Balaban J connectivity index is 1.35. The van der Waals surface area contributed by atoms with Crippen molar-refractivity contribution < 1.29 is 19.1 Å². The molecule has 0 unspecified atom stereocenters. The van der Waals surface area contributed by atoms with Crippen molar-refractivity contribution in [1.29, 1.82) is 0 Å². The molecule has 0 spiro atoms. The minimum atomic E-state index is -0.141. The third-order valence-electron chi connectivity index (χ3n) is 5.47. The average Bonchev–Trinajstić information content (AvgIpc) is 2.97. The van der Waals surface area contributed by atoms with Crippen molar-refractivity contribution in [2.24, 2.45) is 0 Å². The zero-order valence-corrected chi connectivity index (χ0v) is 23.2. The average molecular weight is 561 g/mol. The third kappa shape index (κ3) is 8.49. The highest BCUT2D eigenvalue weighted by Gasteiger charge is 2.12. The number of anilines is 2. The van der Waals surface area contributed by atoms with Crippen molar-refractivity contribution in [3.05, 3.63) is 96.3 Å². The summed E-state index contributed by atoms with van der Waals surface area (Å²) in [5, 5.41) is 7.40. The second-order valence-electron chi connectivity index (χ2n) is 8.26. The Morgan fingerprint density at radius 2 is 1.15 bits per heavy atom. The molecular formula is C29H28N4O4S2. The monoisotopic (exact) mass is 560 g/mol. The number of carbonyl (C=O) groups is 2. The van der Waals surface area contributed by atoms with Crippen LogP contribution in [0.5, 0.6) is 11.5 Å². The highest BCUT2D eigenvalue weighted by molar-refractivity contribution is 8.00. The Bertz CT molecular complexity index is 1300. The summed E-state index contributed by atoms with van der Waals surface area (Å²) in [7, 11) is 3.15. The van der Waals surface area contributed by atoms with Crippen molar-refractivity contribution in [3.63, 3.8) is 0 Å². The number of amides is 2. The summed E-state index contributed by atoms with van der Waals surface area (Å²) in [6.45, 7) is 0. The molecule has 2 aromatic heterocycles. The highest BCUT2D eigenvalue weighted by atomic mass is 32.2. The molecule has 0 radical (unpaired) electrons. The van der Waals surface area contributed by atoms with Gasteiger partial charge in [-0.1, -0.05) is 47.8 Å². The van der Waals surface area contributed by atoms with Crippen LogP contribution < -0.4 is 20.1 Å². The van der Waals surface area contributed by atoms with Crippen molar-refractivity contribution >= 4 is 46.7 Å². The van der Waals surface area contributed by atoms with Gasteiger partial charge in [-0.05, 0) is 66.1 Å². The first kappa shape index (κ1) is 28.0. The SMILES string of the molecule is COc1cc(Cc2ccc(NC(=O)CSc3ccccn3)c(OC)c2)ccc1NC(=O)CSc1ccccn1. The molecule has 2 heterocycles. The zero-order valence-electron chi connectivity index (χ0n) is 21.5. The summed E-state index contributed by atoms with van der Waals surface area (Å²) in [4.78, 5) is 33.4. The van der Waals surface area contributed by atoms with Crippen LogP contribution in [0.4, 0.5) is 11.4 Å². The van der Waals surface area contributed by atoms with Crippen LogP contribution in [0.15, 0.2) is 95.2 Å². The fourth-order valence-electron chi connectivity index (χ4n) is 3.65. The van der Waals surface area contributed by atoms with Gasteiger partial charge >= 0.3 is 0 Å². The molecule has 2 N–H and O–H groups in total. The lowest BCUT2D eigenvalue weighted by atomic mass is 10.0. The molecule has 0 aliphatic rings. The number of benzene rings is 2. The third-order valence-corrected chi connectivity index (χ3v) is 7.35. The Morgan fingerprint density at radius 3 is 1.54 bits per heavy atom. The minimum Gasteiger partial charge on any atom is -0.495 e. The molecule has 0 saturated heterocycles. The van der Waals surface area contributed by atoms with E-state index >= 15 is 0 Å². The van der Waals surface area contributed by atoms with E-state index in [1.54, 1.807) is 26.6 Å². The molecule has 0 bridgehead atoms. The van der Waals surface area contributed by atoms with Gasteiger partial charge in [0, 0.05) is 12.4 Å². The molecule has 8 nitrogen and oxygen atoms in total. The smallest absolute Gasteiger partial charge is 0.234 e. The predicted molar refractivity (Wildman–Crippen MR) is 156 cm³/mol. The van der Waals surface area contributed by atoms with Crippen LogP contribution in [0.3, 0.4) is 0 Å². The maximum atomic E-state index is 12.5. The molecule has 0 aliphatic carbocycles. The largest absolute Gasteiger partial charge is 0.495 e. The maximum Gasteiger partial charge on any atom is 0.234 e. The lowest BCUT2D eigenvalue weighted by Crippen LogP contribution is -2.15. The predicted octanol–water partition coefficient (Wildman–Crippen LogP) is 5.55. The van der Waals surface area contributed by atoms with E-state index in [4.69, 9.17) is 9.47 Å². The van der Waals surface area contributed by atoms with E-state index in [-0.39, 0.29) is 23.3 Å². The Labute approximate surface area is 235 Å². The molecule has 4 aromatic rings. The Hall–Kier alpha value is -4.02. The number of nitrogens with one attached hydrogen (secondary N) is 2. The van der Waals surface area contributed by atoms with E-state index in [1.807, 2.05) is 72.8 Å². The summed E-state index contributed by atoms with van der Waals surface area (Å²) in [5.74, 6) is 1.35. The van der Waals surface area contributed by atoms with Crippen molar-refractivity contribution in [3.8, 4) is 11.5 Å². The topological polar surface area (TPSA) is 102 Å². The van der Waals surface area contributed by atoms with Gasteiger partial charge in [-0.25, -0.2) is 9.97 Å². The maximum absolute atomic E-state index is 12.5. The standard InChI is InChI=1S/C29H28N4O4S2/c1-36-24-16-20(9-11-22(24)32-26(34)18-38-28-7-3-5-13-30-28)15-21-10-12-23(25(17-21)37-2)33-27(35)19-39-29-8-4-6-14-31-29/h3-14,16-17H,15,18-19H2,1-2H3,(H,32,34)(H,33,35). The highest BCUT2D eigenvalue weighted by Crippen LogP contribution is 2.30. The normalized spacial score (nSPS) is 10.5. The van der Waals surface area contributed by atoms with Gasteiger partial charge in [0.25, 0.3) is 0 Å². The van der Waals surface area contributed by atoms with E-state index in [2.05, 4.69) is 20.6 Å². The van der Waals surface area contributed by atoms with Crippen molar-refractivity contribution in [2.75, 3.05) is 36.4 Å². The van der Waals surface area contributed by atoms with Crippen LogP contribution >= 0.6 is 23.5 Å². The van der Waals surface area contributed by atoms with Crippen LogP contribution in [-0.4, -0.2) is 47.5 Å². The fraction of sp³-hybridized carbons (Fsp3) is 0.172. The zero-order chi connectivity index (χ0) is 27.5. The lowest BCUT2D eigenvalue weighted by Gasteiger charge is -2.14. The number of aromatic nitrogens is 2. The molecule has 200 valence electrons. The Morgan fingerprint density at radius 1 is 0.692 bits per heavy atom. The van der Waals surface area contributed by atoms with E-state index < -0.39 is 0 Å². The molecule has 0 saturated carbocycles. The van der Waals surface area contributed by atoms with Gasteiger partial charge in [0.05, 0.1) is 47.2 Å². The summed E-state index contributed by atoms with van der Waals surface area (Å²) in [6, 6.07) is 22.5. The van der Waals surface area contributed by atoms with Gasteiger partial charge in [-0.3, -0.25) is 9.59 Å². The number of ether oxygens (including phenoxy) is 2. The second kappa shape index (κ2) is 14.2.